The predicted octanol–water partition coefficient (Wildman–Crippen LogP) is 4.60. The van der Waals surface area contributed by atoms with E-state index in [9.17, 15) is 0 Å². The lowest BCUT2D eigenvalue weighted by molar-refractivity contribution is 0.436. The number of hydrogen-bond acceptors (Lipinski definition) is 4. The number of hydrogen-bond donors (Lipinski definition) is 1. The van der Waals surface area contributed by atoms with Crippen LogP contribution in [-0.4, -0.2) is 5.16 Å². The lowest BCUT2D eigenvalue weighted by atomic mass is 10.0. The lowest BCUT2D eigenvalue weighted by Crippen LogP contribution is -1.87. The molecular weight excluding hydrogens is 332 g/mol. The van der Waals surface area contributed by atoms with Crippen LogP contribution in [0, 0.1) is 0 Å². The maximum atomic E-state index is 5.85. The van der Waals surface area contributed by atoms with Gasteiger partial charge in [0.15, 0.2) is 16.7 Å². The van der Waals surface area contributed by atoms with Crippen LogP contribution < -0.4 is 5.73 Å². The normalized spacial score (nSPS) is 10.8. The third-order valence-electron chi connectivity index (χ3n) is 2.64. The smallest absolute Gasteiger partial charge is 0.230 e. The van der Waals surface area contributed by atoms with E-state index in [4.69, 9.17) is 26.3 Å². The van der Waals surface area contributed by atoms with E-state index in [1.807, 2.05) is 24.3 Å². The molecule has 0 radical (unpaired) electrons. The van der Waals surface area contributed by atoms with Gasteiger partial charge in [-0.3, -0.25) is 0 Å². The van der Waals surface area contributed by atoms with Gasteiger partial charge in [-0.2, -0.15) is 0 Å². The first-order valence-corrected chi connectivity index (χ1v) is 6.59. The van der Waals surface area contributed by atoms with Crippen molar-refractivity contribution >= 4 is 33.4 Å². The van der Waals surface area contributed by atoms with Gasteiger partial charge in [0.1, 0.15) is 0 Å². The molecule has 19 heavy (non-hydrogen) atoms. The van der Waals surface area contributed by atoms with Crippen molar-refractivity contribution < 1.29 is 8.94 Å². The van der Waals surface area contributed by atoms with E-state index >= 15 is 0 Å². The third-order valence-corrected chi connectivity index (χ3v) is 3.33. The third kappa shape index (κ3) is 2.27. The molecule has 0 aliphatic heterocycles. The van der Waals surface area contributed by atoms with Crippen LogP contribution in [0.5, 0.6) is 0 Å². The number of anilines is 1. The standard InChI is InChI=1S/C13H8BrClN2O2/c14-8-3-1-2-7(6-8)11-12(17-19-13(11)16)9-4-5-10(15)18-9/h1-6H,16H2. The van der Waals surface area contributed by atoms with Crippen LogP contribution in [0.3, 0.4) is 0 Å². The molecule has 0 fully saturated rings. The molecule has 4 nitrogen and oxygen atoms in total. The molecule has 0 aliphatic rings. The van der Waals surface area contributed by atoms with E-state index in [2.05, 4.69) is 21.1 Å². The second kappa shape index (κ2) is 4.75. The van der Waals surface area contributed by atoms with Crippen LogP contribution in [-0.2, 0) is 0 Å². The maximum Gasteiger partial charge on any atom is 0.230 e. The first kappa shape index (κ1) is 12.3. The number of benzene rings is 1. The van der Waals surface area contributed by atoms with E-state index in [0.29, 0.717) is 17.0 Å². The summed E-state index contributed by atoms with van der Waals surface area (Å²) in [5.74, 6) is 0.751. The molecule has 0 unspecified atom stereocenters. The Morgan fingerprint density at radius 1 is 1.21 bits per heavy atom. The van der Waals surface area contributed by atoms with Crippen LogP contribution in [0.25, 0.3) is 22.6 Å². The summed E-state index contributed by atoms with van der Waals surface area (Å²) < 4.78 is 11.4. The number of aromatic nitrogens is 1. The van der Waals surface area contributed by atoms with Gasteiger partial charge in [-0.05, 0) is 41.4 Å². The summed E-state index contributed by atoms with van der Waals surface area (Å²) in [6.45, 7) is 0. The average molecular weight is 340 g/mol. The number of rotatable bonds is 2. The Morgan fingerprint density at radius 3 is 2.74 bits per heavy atom. The van der Waals surface area contributed by atoms with Crippen LogP contribution in [0.1, 0.15) is 0 Å². The number of halogens is 2. The van der Waals surface area contributed by atoms with Crippen LogP contribution in [0.15, 0.2) is 49.8 Å². The van der Waals surface area contributed by atoms with E-state index in [-0.39, 0.29) is 11.1 Å². The molecule has 3 rings (SSSR count). The van der Waals surface area contributed by atoms with Gasteiger partial charge in [0.25, 0.3) is 0 Å². The van der Waals surface area contributed by atoms with Crippen LogP contribution in [0.2, 0.25) is 5.22 Å². The molecule has 0 spiro atoms. The molecular formula is C13H8BrClN2O2. The molecule has 96 valence electrons. The van der Waals surface area contributed by atoms with E-state index in [1.54, 1.807) is 12.1 Å². The molecule has 2 heterocycles. The number of nitrogens with zero attached hydrogens (tertiary/aromatic N) is 1. The van der Waals surface area contributed by atoms with E-state index in [1.165, 1.54) is 0 Å². The van der Waals surface area contributed by atoms with Gasteiger partial charge in [-0.15, -0.1) is 0 Å². The molecule has 0 atom stereocenters. The quantitative estimate of drug-likeness (QED) is 0.741. The molecule has 0 bridgehead atoms. The molecule has 0 saturated heterocycles. The molecule has 0 aliphatic carbocycles. The van der Waals surface area contributed by atoms with Gasteiger partial charge in [0.05, 0.1) is 5.56 Å². The van der Waals surface area contributed by atoms with Gasteiger partial charge in [0, 0.05) is 4.47 Å². The summed E-state index contributed by atoms with van der Waals surface area (Å²) in [7, 11) is 0. The largest absolute Gasteiger partial charge is 0.443 e. The number of nitrogens with two attached hydrogens (primary N) is 1. The average Bonchev–Trinajstić information content (AvgIpc) is 2.95. The fraction of sp³-hybridized carbons (Fsp3) is 0. The Labute approximate surface area is 122 Å². The Bertz CT molecular complexity index is 736. The summed E-state index contributed by atoms with van der Waals surface area (Å²) >= 11 is 9.20. The fourth-order valence-electron chi connectivity index (χ4n) is 1.84. The van der Waals surface area contributed by atoms with Crippen molar-refractivity contribution in [3.05, 3.63) is 46.1 Å². The molecule has 2 aromatic heterocycles. The van der Waals surface area contributed by atoms with Crippen molar-refractivity contribution in [3.8, 4) is 22.6 Å². The fourth-order valence-corrected chi connectivity index (χ4v) is 2.38. The molecule has 2 N–H and O–H groups in total. The van der Waals surface area contributed by atoms with Crippen molar-refractivity contribution in [2.45, 2.75) is 0 Å². The zero-order valence-corrected chi connectivity index (χ0v) is 11.9. The summed E-state index contributed by atoms with van der Waals surface area (Å²) in [5, 5.41) is 4.23. The van der Waals surface area contributed by atoms with Crippen LogP contribution >= 0.6 is 27.5 Å². The highest BCUT2D eigenvalue weighted by molar-refractivity contribution is 9.10. The Hall–Kier alpha value is -1.72. The molecule has 0 saturated carbocycles. The lowest BCUT2D eigenvalue weighted by Gasteiger charge is -2.01. The highest BCUT2D eigenvalue weighted by Crippen LogP contribution is 2.38. The Morgan fingerprint density at radius 2 is 2.05 bits per heavy atom. The molecule has 3 aromatic rings. The minimum Gasteiger partial charge on any atom is -0.443 e. The topological polar surface area (TPSA) is 65.2 Å². The summed E-state index contributed by atoms with van der Waals surface area (Å²) in [4.78, 5) is 0. The molecule has 1 aromatic carbocycles. The monoisotopic (exact) mass is 338 g/mol. The highest BCUT2D eigenvalue weighted by atomic mass is 79.9. The Kier molecular flexibility index (Phi) is 3.08. The summed E-state index contributed by atoms with van der Waals surface area (Å²) in [5.41, 5.74) is 7.95. The zero-order valence-electron chi connectivity index (χ0n) is 9.56. The number of nitrogen functional groups attached to an aromatic ring is 1. The predicted molar refractivity (Wildman–Crippen MR) is 76.8 cm³/mol. The first-order chi connectivity index (χ1) is 9.15. The van der Waals surface area contributed by atoms with Crippen molar-refractivity contribution in [2.75, 3.05) is 5.73 Å². The van der Waals surface area contributed by atoms with Gasteiger partial charge in [-0.25, -0.2) is 0 Å². The summed E-state index contributed by atoms with van der Waals surface area (Å²) in [6.07, 6.45) is 0. The van der Waals surface area contributed by atoms with Crippen molar-refractivity contribution in [3.63, 3.8) is 0 Å². The van der Waals surface area contributed by atoms with Crippen molar-refractivity contribution in [1.82, 2.24) is 5.16 Å². The van der Waals surface area contributed by atoms with Gasteiger partial charge in [0.2, 0.25) is 5.88 Å². The Balaban J connectivity index is 2.19. The molecule has 6 heteroatoms. The second-order valence-corrected chi connectivity index (χ2v) is 5.17. The van der Waals surface area contributed by atoms with E-state index < -0.39 is 0 Å². The number of furan rings is 1. The minimum absolute atomic E-state index is 0.237. The highest BCUT2D eigenvalue weighted by Gasteiger charge is 2.20. The van der Waals surface area contributed by atoms with Gasteiger partial charge >= 0.3 is 0 Å². The maximum absolute atomic E-state index is 5.85. The minimum atomic E-state index is 0.237. The van der Waals surface area contributed by atoms with Gasteiger partial charge < -0.3 is 14.7 Å². The second-order valence-electron chi connectivity index (χ2n) is 3.88. The zero-order chi connectivity index (χ0) is 13.4. The van der Waals surface area contributed by atoms with Crippen molar-refractivity contribution in [1.29, 1.82) is 0 Å². The van der Waals surface area contributed by atoms with Gasteiger partial charge in [-0.1, -0.05) is 33.2 Å². The first-order valence-electron chi connectivity index (χ1n) is 5.42. The SMILES string of the molecule is Nc1onc(-c2ccc(Cl)o2)c1-c1cccc(Br)c1. The van der Waals surface area contributed by atoms with E-state index in [0.717, 1.165) is 10.0 Å². The van der Waals surface area contributed by atoms with Crippen molar-refractivity contribution in [2.24, 2.45) is 0 Å². The van der Waals surface area contributed by atoms with Crippen LogP contribution in [0.4, 0.5) is 5.88 Å². The summed E-state index contributed by atoms with van der Waals surface area (Å²) in [6, 6.07) is 11.0. The molecule has 0 amide bonds.